The fourth-order valence-corrected chi connectivity index (χ4v) is 3.85. The van der Waals surface area contributed by atoms with Crippen LogP contribution in [0.4, 0.5) is 5.69 Å². The topological polar surface area (TPSA) is 46.6 Å². The fraction of sp³-hybridized carbons (Fsp3) is 0.176. The molecular formula is C17H18ClNO3S. The molecule has 0 heterocycles. The number of hydrogen-bond acceptors (Lipinski definition) is 3. The van der Waals surface area contributed by atoms with Gasteiger partial charge in [0.2, 0.25) is 0 Å². The normalized spacial score (nSPS) is 11.1. The lowest BCUT2D eigenvalue weighted by Gasteiger charge is -2.23. The van der Waals surface area contributed by atoms with E-state index in [0.29, 0.717) is 16.5 Å². The second kappa shape index (κ2) is 7.06. The summed E-state index contributed by atoms with van der Waals surface area (Å²) in [5.41, 5.74) is 1.28. The Morgan fingerprint density at radius 3 is 2.39 bits per heavy atom. The second-order valence-electron chi connectivity index (χ2n) is 4.93. The molecule has 0 aromatic heterocycles. The van der Waals surface area contributed by atoms with Crippen LogP contribution in [0.2, 0.25) is 5.02 Å². The Morgan fingerprint density at radius 2 is 1.87 bits per heavy atom. The highest BCUT2D eigenvalue weighted by Gasteiger charge is 2.24. The minimum Gasteiger partial charge on any atom is -0.496 e. The molecule has 0 aliphatic rings. The van der Waals surface area contributed by atoms with Gasteiger partial charge in [-0.2, -0.15) is 0 Å². The van der Waals surface area contributed by atoms with E-state index in [0.717, 1.165) is 5.56 Å². The molecular weight excluding hydrogens is 334 g/mol. The summed E-state index contributed by atoms with van der Waals surface area (Å²) in [6.07, 6.45) is 1.54. The molecule has 6 heteroatoms. The number of aryl methyl sites for hydroxylation is 1. The molecule has 0 aliphatic heterocycles. The molecule has 0 bridgehead atoms. The summed E-state index contributed by atoms with van der Waals surface area (Å²) in [6.45, 7) is 5.61. The van der Waals surface area contributed by atoms with Gasteiger partial charge in [0.1, 0.15) is 5.75 Å². The van der Waals surface area contributed by atoms with E-state index in [9.17, 15) is 8.42 Å². The van der Waals surface area contributed by atoms with Crippen molar-refractivity contribution < 1.29 is 13.2 Å². The molecule has 0 spiro atoms. The van der Waals surface area contributed by atoms with Gasteiger partial charge in [-0.25, -0.2) is 8.42 Å². The Kier molecular flexibility index (Phi) is 5.34. The molecule has 0 aliphatic carbocycles. The van der Waals surface area contributed by atoms with Gasteiger partial charge in [0.15, 0.2) is 0 Å². The molecule has 0 saturated heterocycles. The van der Waals surface area contributed by atoms with E-state index < -0.39 is 10.0 Å². The maximum Gasteiger partial charge on any atom is 0.264 e. The third-order valence-corrected chi connectivity index (χ3v) is 5.41. The first-order valence-electron chi connectivity index (χ1n) is 6.94. The average molecular weight is 352 g/mol. The lowest BCUT2D eigenvalue weighted by Crippen LogP contribution is -2.31. The summed E-state index contributed by atoms with van der Waals surface area (Å²) in [7, 11) is -2.16. The van der Waals surface area contributed by atoms with E-state index in [1.54, 1.807) is 56.5 Å². The van der Waals surface area contributed by atoms with Crippen molar-refractivity contribution in [3.63, 3.8) is 0 Å². The van der Waals surface area contributed by atoms with Crippen molar-refractivity contribution in [1.82, 2.24) is 0 Å². The molecule has 2 aromatic carbocycles. The quantitative estimate of drug-likeness (QED) is 0.738. The molecule has 0 atom stereocenters. The number of rotatable bonds is 6. The minimum absolute atomic E-state index is 0.162. The van der Waals surface area contributed by atoms with Crippen molar-refractivity contribution in [3.05, 3.63) is 65.7 Å². The Labute approximate surface area is 142 Å². The van der Waals surface area contributed by atoms with Crippen LogP contribution in [0.1, 0.15) is 5.56 Å². The zero-order chi connectivity index (χ0) is 17.0. The van der Waals surface area contributed by atoms with Crippen LogP contribution in [-0.2, 0) is 10.0 Å². The molecule has 2 aromatic rings. The maximum absolute atomic E-state index is 13.0. The molecule has 2 rings (SSSR count). The summed E-state index contributed by atoms with van der Waals surface area (Å²) in [5, 5.41) is 0.546. The van der Waals surface area contributed by atoms with Crippen LogP contribution in [-0.4, -0.2) is 22.1 Å². The second-order valence-corrected chi connectivity index (χ2v) is 7.23. The van der Waals surface area contributed by atoms with Gasteiger partial charge in [-0.05, 0) is 55.0 Å². The highest BCUT2D eigenvalue weighted by Crippen LogP contribution is 2.28. The number of ether oxygens (including phenoxy) is 1. The van der Waals surface area contributed by atoms with Crippen LogP contribution < -0.4 is 9.04 Å². The molecule has 0 radical (unpaired) electrons. The van der Waals surface area contributed by atoms with Crippen LogP contribution in [0.3, 0.4) is 0 Å². The molecule has 0 unspecified atom stereocenters. The molecule has 0 fully saturated rings. The molecule has 122 valence electrons. The van der Waals surface area contributed by atoms with Gasteiger partial charge in [0.05, 0.1) is 24.2 Å². The minimum atomic E-state index is -3.71. The van der Waals surface area contributed by atoms with Crippen LogP contribution in [0.5, 0.6) is 5.75 Å². The van der Waals surface area contributed by atoms with Crippen LogP contribution >= 0.6 is 11.6 Å². The van der Waals surface area contributed by atoms with Gasteiger partial charge in [-0.1, -0.05) is 17.7 Å². The highest BCUT2D eigenvalue weighted by atomic mass is 35.5. The van der Waals surface area contributed by atoms with Crippen LogP contribution in [0.25, 0.3) is 0 Å². The lowest BCUT2D eigenvalue weighted by molar-refractivity contribution is 0.411. The number of nitrogens with zero attached hydrogens (tertiary/aromatic N) is 1. The van der Waals surface area contributed by atoms with Crippen molar-refractivity contribution in [3.8, 4) is 5.75 Å². The number of methoxy groups -OCH3 is 1. The first-order chi connectivity index (χ1) is 10.9. The highest BCUT2D eigenvalue weighted by molar-refractivity contribution is 7.92. The van der Waals surface area contributed by atoms with E-state index in [-0.39, 0.29) is 11.4 Å². The van der Waals surface area contributed by atoms with Crippen molar-refractivity contribution in [2.45, 2.75) is 11.8 Å². The monoisotopic (exact) mass is 351 g/mol. The summed E-state index contributed by atoms with van der Waals surface area (Å²) in [5.74, 6) is 0.644. The first-order valence-corrected chi connectivity index (χ1v) is 8.76. The zero-order valence-electron chi connectivity index (χ0n) is 13.0. The number of halogens is 1. The largest absolute Gasteiger partial charge is 0.496 e. The Bertz CT molecular complexity index is 801. The number of benzene rings is 2. The smallest absolute Gasteiger partial charge is 0.264 e. The number of hydrogen-bond donors (Lipinski definition) is 0. The van der Waals surface area contributed by atoms with E-state index >= 15 is 0 Å². The number of anilines is 1. The van der Waals surface area contributed by atoms with Gasteiger partial charge in [-0.3, -0.25) is 4.31 Å². The Hall–Kier alpha value is -1.98. The summed E-state index contributed by atoms with van der Waals surface area (Å²) in [6, 6.07) is 11.4. The van der Waals surface area contributed by atoms with Crippen LogP contribution in [0.15, 0.2) is 60.0 Å². The summed E-state index contributed by atoms with van der Waals surface area (Å²) >= 11 is 5.88. The molecule has 23 heavy (non-hydrogen) atoms. The predicted octanol–water partition coefficient (Wildman–Crippen LogP) is 4.04. The van der Waals surface area contributed by atoms with E-state index in [4.69, 9.17) is 16.3 Å². The lowest BCUT2D eigenvalue weighted by atomic mass is 10.2. The van der Waals surface area contributed by atoms with E-state index in [1.165, 1.54) is 10.4 Å². The Morgan fingerprint density at radius 1 is 1.22 bits per heavy atom. The fourth-order valence-electron chi connectivity index (χ4n) is 2.21. The van der Waals surface area contributed by atoms with E-state index in [2.05, 4.69) is 6.58 Å². The SMILES string of the molecule is C=CCN(c1ccc(Cl)cc1)S(=O)(=O)c1ccc(OC)c(C)c1. The molecule has 4 nitrogen and oxygen atoms in total. The molecule has 0 saturated carbocycles. The van der Waals surface area contributed by atoms with E-state index in [1.807, 2.05) is 0 Å². The van der Waals surface area contributed by atoms with Gasteiger partial charge in [-0.15, -0.1) is 6.58 Å². The van der Waals surface area contributed by atoms with Crippen molar-refractivity contribution in [1.29, 1.82) is 0 Å². The molecule has 0 N–H and O–H groups in total. The van der Waals surface area contributed by atoms with Gasteiger partial charge in [0, 0.05) is 5.02 Å². The van der Waals surface area contributed by atoms with Gasteiger partial charge >= 0.3 is 0 Å². The van der Waals surface area contributed by atoms with Crippen molar-refractivity contribution >= 4 is 27.3 Å². The zero-order valence-corrected chi connectivity index (χ0v) is 14.6. The Balaban J connectivity index is 2.50. The third-order valence-electron chi connectivity index (χ3n) is 3.36. The summed E-state index contributed by atoms with van der Waals surface area (Å²) < 4.78 is 32.4. The standard InChI is InChI=1S/C17H18ClNO3S/c1-4-11-19(15-7-5-14(18)6-8-15)23(20,21)16-9-10-17(22-3)13(2)12-16/h4-10,12H,1,11H2,2-3H3. The number of sulfonamides is 1. The molecule has 0 amide bonds. The summed E-state index contributed by atoms with van der Waals surface area (Å²) in [4.78, 5) is 0.201. The van der Waals surface area contributed by atoms with Crippen LogP contribution in [0, 0.1) is 6.92 Å². The third kappa shape index (κ3) is 3.68. The van der Waals surface area contributed by atoms with Gasteiger partial charge < -0.3 is 4.74 Å². The average Bonchev–Trinajstić information content (AvgIpc) is 2.53. The maximum atomic E-state index is 13.0. The predicted molar refractivity (Wildman–Crippen MR) is 93.9 cm³/mol. The van der Waals surface area contributed by atoms with Crippen molar-refractivity contribution in [2.24, 2.45) is 0 Å². The van der Waals surface area contributed by atoms with Crippen molar-refractivity contribution in [2.75, 3.05) is 18.0 Å². The first kappa shape index (κ1) is 17.4. The van der Waals surface area contributed by atoms with Gasteiger partial charge in [0.25, 0.3) is 10.0 Å².